The molecule has 1 aliphatic rings. The topological polar surface area (TPSA) is 67.9 Å². The molecule has 1 atom stereocenters. The molecule has 1 saturated heterocycles. The van der Waals surface area contributed by atoms with Crippen molar-refractivity contribution < 1.29 is 19.1 Å². The highest BCUT2D eigenvalue weighted by Crippen LogP contribution is 2.21. The number of carbonyl (C=O) groups is 2. The van der Waals surface area contributed by atoms with Crippen LogP contribution in [0.15, 0.2) is 0 Å². The molecule has 0 aromatic rings. The zero-order valence-corrected chi connectivity index (χ0v) is 15.7. The lowest BCUT2D eigenvalue weighted by molar-refractivity contribution is -0.121. The van der Waals surface area contributed by atoms with E-state index < -0.39 is 5.60 Å². The van der Waals surface area contributed by atoms with E-state index in [2.05, 4.69) is 5.32 Å². The molecule has 1 N–H and O–H groups in total. The first-order chi connectivity index (χ1) is 11.3. The van der Waals surface area contributed by atoms with Gasteiger partial charge < -0.3 is 19.7 Å². The van der Waals surface area contributed by atoms with Gasteiger partial charge in [0.15, 0.2) is 0 Å². The van der Waals surface area contributed by atoms with Crippen molar-refractivity contribution >= 4 is 12.0 Å². The van der Waals surface area contributed by atoms with Gasteiger partial charge >= 0.3 is 6.09 Å². The molecule has 24 heavy (non-hydrogen) atoms. The largest absolute Gasteiger partial charge is 0.444 e. The van der Waals surface area contributed by atoms with Crippen LogP contribution in [0.2, 0.25) is 0 Å². The molecule has 1 heterocycles. The van der Waals surface area contributed by atoms with Gasteiger partial charge in [0.2, 0.25) is 5.91 Å². The maximum absolute atomic E-state index is 12.1. The van der Waals surface area contributed by atoms with Crippen LogP contribution in [0.3, 0.4) is 0 Å². The number of piperidine rings is 1. The van der Waals surface area contributed by atoms with Crippen LogP contribution in [0.1, 0.15) is 59.8 Å². The van der Waals surface area contributed by atoms with Gasteiger partial charge in [-0.2, -0.15) is 0 Å². The Morgan fingerprint density at radius 1 is 1.29 bits per heavy atom. The van der Waals surface area contributed by atoms with Crippen molar-refractivity contribution in [2.24, 2.45) is 5.92 Å². The van der Waals surface area contributed by atoms with Crippen molar-refractivity contribution in [2.45, 2.75) is 65.4 Å². The van der Waals surface area contributed by atoms with Gasteiger partial charge in [-0.05, 0) is 59.3 Å². The lowest BCUT2D eigenvalue weighted by Gasteiger charge is -2.34. The average molecular weight is 342 g/mol. The Balaban J connectivity index is 2.21. The number of rotatable bonds is 8. The molecule has 1 rings (SSSR count). The fraction of sp³-hybridized carbons (Fsp3) is 0.889. The third-order valence-electron chi connectivity index (χ3n) is 3.94. The van der Waals surface area contributed by atoms with Gasteiger partial charge in [-0.25, -0.2) is 4.79 Å². The third-order valence-corrected chi connectivity index (χ3v) is 3.94. The number of amides is 2. The van der Waals surface area contributed by atoms with E-state index in [0.717, 1.165) is 38.8 Å². The first-order valence-corrected chi connectivity index (χ1v) is 9.14. The molecule has 0 bridgehead atoms. The summed E-state index contributed by atoms with van der Waals surface area (Å²) in [7, 11) is 0. The predicted octanol–water partition coefficient (Wildman–Crippen LogP) is 2.96. The fourth-order valence-electron chi connectivity index (χ4n) is 2.78. The lowest BCUT2D eigenvalue weighted by Crippen LogP contribution is -2.43. The van der Waals surface area contributed by atoms with E-state index >= 15 is 0 Å². The molecule has 0 spiro atoms. The Morgan fingerprint density at radius 3 is 2.71 bits per heavy atom. The molecule has 1 unspecified atom stereocenters. The summed E-state index contributed by atoms with van der Waals surface area (Å²) in [6.07, 6.45) is 4.03. The van der Waals surface area contributed by atoms with Crippen molar-refractivity contribution in [1.82, 2.24) is 10.2 Å². The van der Waals surface area contributed by atoms with Crippen molar-refractivity contribution in [3.63, 3.8) is 0 Å². The van der Waals surface area contributed by atoms with Gasteiger partial charge in [0.05, 0.1) is 0 Å². The van der Waals surface area contributed by atoms with Gasteiger partial charge in [0.25, 0.3) is 0 Å². The average Bonchev–Trinajstić information content (AvgIpc) is 2.50. The highest BCUT2D eigenvalue weighted by molar-refractivity contribution is 5.75. The van der Waals surface area contributed by atoms with Crippen molar-refractivity contribution in [3.05, 3.63) is 0 Å². The molecular weight excluding hydrogens is 308 g/mol. The molecule has 2 amide bonds. The van der Waals surface area contributed by atoms with Crippen LogP contribution in [0.4, 0.5) is 4.79 Å². The Bertz CT molecular complexity index is 393. The van der Waals surface area contributed by atoms with Gasteiger partial charge in [-0.3, -0.25) is 4.79 Å². The Morgan fingerprint density at radius 2 is 2.04 bits per heavy atom. The minimum Gasteiger partial charge on any atom is -0.444 e. The molecule has 0 aromatic carbocycles. The molecule has 0 saturated carbocycles. The van der Waals surface area contributed by atoms with Crippen LogP contribution in [0.5, 0.6) is 0 Å². The van der Waals surface area contributed by atoms with Crippen molar-refractivity contribution in [3.8, 4) is 0 Å². The molecule has 1 aliphatic heterocycles. The number of likely N-dealkylation sites (tertiary alicyclic amines) is 1. The Labute approximate surface area is 146 Å². The summed E-state index contributed by atoms with van der Waals surface area (Å²) in [6.45, 7) is 11.1. The van der Waals surface area contributed by atoms with E-state index in [1.54, 1.807) is 4.90 Å². The quantitative estimate of drug-likeness (QED) is 0.689. The molecule has 1 fully saturated rings. The van der Waals surface area contributed by atoms with Gasteiger partial charge in [-0.15, -0.1) is 0 Å². The number of hydrogen-bond donors (Lipinski definition) is 1. The standard InChI is InChI=1S/C18H34N2O4/c1-5-23-13-7-9-16(21)19-11-10-15-8-6-12-20(14-15)17(22)24-18(2,3)4/h15H,5-14H2,1-4H3,(H,19,21). The van der Waals surface area contributed by atoms with E-state index in [0.29, 0.717) is 32.1 Å². The first kappa shape index (κ1) is 20.7. The lowest BCUT2D eigenvalue weighted by atomic mass is 9.95. The summed E-state index contributed by atoms with van der Waals surface area (Å²) in [5.74, 6) is 0.504. The van der Waals surface area contributed by atoms with Gasteiger partial charge in [-0.1, -0.05) is 0 Å². The van der Waals surface area contributed by atoms with E-state index in [9.17, 15) is 9.59 Å². The van der Waals surface area contributed by atoms with Gasteiger partial charge in [0, 0.05) is 39.3 Å². The summed E-state index contributed by atoms with van der Waals surface area (Å²) in [5.41, 5.74) is -0.459. The maximum Gasteiger partial charge on any atom is 0.410 e. The molecule has 0 aliphatic carbocycles. The summed E-state index contributed by atoms with van der Waals surface area (Å²) in [5, 5.41) is 2.96. The molecule has 6 heteroatoms. The zero-order valence-electron chi connectivity index (χ0n) is 15.7. The SMILES string of the molecule is CCOCCCC(=O)NCCC1CCCN(C(=O)OC(C)(C)C)C1. The molecule has 0 radical (unpaired) electrons. The molecule has 140 valence electrons. The Hall–Kier alpha value is -1.30. The third kappa shape index (κ3) is 9.11. The highest BCUT2D eigenvalue weighted by atomic mass is 16.6. The number of nitrogens with zero attached hydrogens (tertiary/aromatic N) is 1. The normalized spacial score (nSPS) is 18.3. The van der Waals surface area contributed by atoms with E-state index in [1.807, 2.05) is 27.7 Å². The highest BCUT2D eigenvalue weighted by Gasteiger charge is 2.27. The summed E-state index contributed by atoms with van der Waals surface area (Å²) >= 11 is 0. The number of ether oxygens (including phenoxy) is 2. The smallest absolute Gasteiger partial charge is 0.410 e. The van der Waals surface area contributed by atoms with Crippen LogP contribution in [-0.4, -0.2) is 55.3 Å². The Kier molecular flexibility index (Phi) is 9.11. The zero-order chi connectivity index (χ0) is 18.0. The van der Waals surface area contributed by atoms with E-state index in [-0.39, 0.29) is 12.0 Å². The van der Waals surface area contributed by atoms with Gasteiger partial charge in [0.1, 0.15) is 5.60 Å². The maximum atomic E-state index is 12.1. The molecular formula is C18H34N2O4. The van der Waals surface area contributed by atoms with E-state index in [4.69, 9.17) is 9.47 Å². The number of carbonyl (C=O) groups excluding carboxylic acids is 2. The van der Waals surface area contributed by atoms with Crippen molar-refractivity contribution in [2.75, 3.05) is 32.8 Å². The minimum atomic E-state index is -0.459. The monoisotopic (exact) mass is 342 g/mol. The second-order valence-electron chi connectivity index (χ2n) is 7.37. The van der Waals surface area contributed by atoms with Crippen LogP contribution >= 0.6 is 0 Å². The fourth-order valence-corrected chi connectivity index (χ4v) is 2.78. The number of nitrogens with one attached hydrogen (secondary N) is 1. The predicted molar refractivity (Wildman–Crippen MR) is 93.9 cm³/mol. The molecule has 0 aromatic heterocycles. The van der Waals surface area contributed by atoms with Crippen LogP contribution in [-0.2, 0) is 14.3 Å². The molecule has 6 nitrogen and oxygen atoms in total. The van der Waals surface area contributed by atoms with E-state index in [1.165, 1.54) is 0 Å². The number of hydrogen-bond acceptors (Lipinski definition) is 4. The van der Waals surface area contributed by atoms with Crippen LogP contribution in [0.25, 0.3) is 0 Å². The summed E-state index contributed by atoms with van der Waals surface area (Å²) < 4.78 is 10.7. The van der Waals surface area contributed by atoms with Crippen LogP contribution in [0, 0.1) is 5.92 Å². The van der Waals surface area contributed by atoms with Crippen molar-refractivity contribution in [1.29, 1.82) is 0 Å². The first-order valence-electron chi connectivity index (χ1n) is 9.14. The minimum absolute atomic E-state index is 0.0783. The second kappa shape index (κ2) is 10.5. The summed E-state index contributed by atoms with van der Waals surface area (Å²) in [4.78, 5) is 25.7. The summed E-state index contributed by atoms with van der Waals surface area (Å²) in [6, 6.07) is 0. The van der Waals surface area contributed by atoms with Crippen LogP contribution < -0.4 is 5.32 Å². The second-order valence-corrected chi connectivity index (χ2v) is 7.37.